The number of carbonyl (C=O) groups excluding carboxylic acids is 1. The second kappa shape index (κ2) is 11.0. The van der Waals surface area contributed by atoms with Gasteiger partial charge in [-0.2, -0.15) is 0 Å². The van der Waals surface area contributed by atoms with Crippen molar-refractivity contribution in [3.05, 3.63) is 0 Å². The molecular formula is C15H28N4O. The number of amides is 1. The number of carbonyl (C=O) groups is 1. The Morgan fingerprint density at radius 3 is 2.00 bits per heavy atom. The maximum atomic E-state index is 11.4. The fraction of sp³-hybridized carbons (Fsp3) is 0.667. The number of piperidine rings is 2. The van der Waals surface area contributed by atoms with Crippen molar-refractivity contribution >= 4 is 17.5 Å². The van der Waals surface area contributed by atoms with Gasteiger partial charge in [-0.15, -0.1) is 12.8 Å². The molecule has 114 valence electrons. The highest BCUT2D eigenvalue weighted by molar-refractivity contribution is 5.88. The van der Waals surface area contributed by atoms with Gasteiger partial charge in [-0.3, -0.25) is 10.2 Å². The van der Waals surface area contributed by atoms with Gasteiger partial charge >= 0.3 is 0 Å². The summed E-state index contributed by atoms with van der Waals surface area (Å²) < 4.78 is 0. The molecule has 5 N–H and O–H groups in total. The Balaban J connectivity index is 0. The molecule has 20 heavy (non-hydrogen) atoms. The summed E-state index contributed by atoms with van der Waals surface area (Å²) in [5.41, 5.74) is 5.32. The predicted octanol–water partition coefficient (Wildman–Crippen LogP) is 2.16. The van der Waals surface area contributed by atoms with E-state index in [0.29, 0.717) is 24.1 Å². The Bertz CT molecular complexity index is 339. The summed E-state index contributed by atoms with van der Waals surface area (Å²) in [6.07, 6.45) is 10.9. The van der Waals surface area contributed by atoms with Gasteiger partial charge in [-0.25, -0.2) is 0 Å². The lowest BCUT2D eigenvalue weighted by molar-refractivity contribution is -0.135. The molecule has 1 atom stereocenters. The normalized spacial score (nSPS) is 24.7. The lowest BCUT2D eigenvalue weighted by Gasteiger charge is -2.46. The van der Waals surface area contributed by atoms with Crippen molar-refractivity contribution < 1.29 is 4.79 Å². The van der Waals surface area contributed by atoms with E-state index in [1.54, 1.807) is 6.92 Å². The van der Waals surface area contributed by atoms with Crippen LogP contribution < -0.4 is 11.1 Å². The van der Waals surface area contributed by atoms with Crippen molar-refractivity contribution in [1.82, 2.24) is 5.32 Å². The maximum Gasteiger partial charge on any atom is 0.223 e. The molecule has 1 unspecified atom stereocenters. The van der Waals surface area contributed by atoms with Crippen LogP contribution in [-0.4, -0.2) is 23.5 Å². The molecule has 1 saturated carbocycles. The summed E-state index contributed by atoms with van der Waals surface area (Å²) >= 11 is 0. The van der Waals surface area contributed by atoms with Gasteiger partial charge in [-0.1, -0.05) is 13.8 Å². The molecule has 0 spiro atoms. The molecule has 5 heteroatoms. The van der Waals surface area contributed by atoms with Crippen LogP contribution in [0.5, 0.6) is 0 Å². The zero-order chi connectivity index (χ0) is 16.3. The molecule has 1 amide bonds. The molecule has 3 rings (SSSR count). The molecule has 0 aromatic carbocycles. The minimum absolute atomic E-state index is 0.104. The summed E-state index contributed by atoms with van der Waals surface area (Å²) in [4.78, 5) is 11.4. The van der Waals surface area contributed by atoms with Gasteiger partial charge in [0.1, 0.15) is 0 Å². The number of fused-ring (bicyclic) bond motifs is 2. The van der Waals surface area contributed by atoms with Crippen molar-refractivity contribution in [2.45, 2.75) is 53.0 Å². The van der Waals surface area contributed by atoms with Crippen molar-refractivity contribution in [1.29, 1.82) is 10.8 Å². The molecule has 3 fully saturated rings. The van der Waals surface area contributed by atoms with E-state index in [4.69, 9.17) is 16.6 Å². The standard InChI is InChI=1S/C9H14N2O.C2H6N2.C2H6.C2H2/c1-5(10)2-8-6-3-7(4-6)11-9(8)12;1-2(3)4;2*1-2/h6-8,10H,2-4H2,1H3,(H,11,12);1H3,(H3,3,4);1-2H3;1-2H. The molecular weight excluding hydrogens is 252 g/mol. The van der Waals surface area contributed by atoms with Gasteiger partial charge in [0.25, 0.3) is 0 Å². The van der Waals surface area contributed by atoms with Crippen molar-refractivity contribution in [3.8, 4) is 12.8 Å². The molecule has 0 aromatic heterocycles. The molecule has 2 aliphatic heterocycles. The fourth-order valence-electron chi connectivity index (χ4n) is 2.22. The lowest BCUT2D eigenvalue weighted by atomic mass is 9.67. The van der Waals surface area contributed by atoms with Gasteiger partial charge in [-0.05, 0) is 39.0 Å². The molecule has 2 heterocycles. The van der Waals surface area contributed by atoms with Gasteiger partial charge in [0.05, 0.1) is 5.84 Å². The van der Waals surface area contributed by atoms with Gasteiger partial charge in [0.2, 0.25) is 5.91 Å². The van der Waals surface area contributed by atoms with Crippen LogP contribution in [0.4, 0.5) is 0 Å². The summed E-state index contributed by atoms with van der Waals surface area (Å²) in [7, 11) is 0. The van der Waals surface area contributed by atoms with E-state index in [0.717, 1.165) is 12.8 Å². The first-order valence-corrected chi connectivity index (χ1v) is 6.88. The average Bonchev–Trinajstić information content (AvgIpc) is 2.34. The zero-order valence-electron chi connectivity index (χ0n) is 13.0. The van der Waals surface area contributed by atoms with Crippen LogP contribution in [0.2, 0.25) is 0 Å². The molecule has 0 aromatic rings. The third kappa shape index (κ3) is 7.57. The summed E-state index contributed by atoms with van der Waals surface area (Å²) in [6.45, 7) is 7.30. The second-order valence-electron chi connectivity index (χ2n) is 4.71. The Labute approximate surface area is 122 Å². The number of terminal acetylenes is 1. The third-order valence-corrected chi connectivity index (χ3v) is 2.95. The predicted molar refractivity (Wildman–Crippen MR) is 85.0 cm³/mol. The van der Waals surface area contributed by atoms with Crippen molar-refractivity contribution in [3.63, 3.8) is 0 Å². The number of nitrogens with two attached hydrogens (primary N) is 1. The minimum Gasteiger partial charge on any atom is -0.388 e. The van der Waals surface area contributed by atoms with E-state index in [1.165, 1.54) is 6.92 Å². The van der Waals surface area contributed by atoms with E-state index >= 15 is 0 Å². The van der Waals surface area contributed by atoms with Crippen LogP contribution >= 0.6 is 0 Å². The Morgan fingerprint density at radius 2 is 1.70 bits per heavy atom. The quantitative estimate of drug-likeness (QED) is 0.354. The highest BCUT2D eigenvalue weighted by atomic mass is 16.2. The Morgan fingerprint density at radius 1 is 1.30 bits per heavy atom. The molecule has 2 saturated heterocycles. The fourth-order valence-corrected chi connectivity index (χ4v) is 2.22. The van der Waals surface area contributed by atoms with Crippen molar-refractivity contribution in [2.24, 2.45) is 17.6 Å². The van der Waals surface area contributed by atoms with Crippen LogP contribution in [0, 0.1) is 35.5 Å². The van der Waals surface area contributed by atoms with Crippen LogP contribution in [0.25, 0.3) is 0 Å². The van der Waals surface area contributed by atoms with Gasteiger partial charge in [0, 0.05) is 17.7 Å². The molecule has 5 nitrogen and oxygen atoms in total. The monoisotopic (exact) mass is 280 g/mol. The van der Waals surface area contributed by atoms with E-state index in [-0.39, 0.29) is 17.7 Å². The Hall–Kier alpha value is -1.83. The molecule has 3 aliphatic rings. The third-order valence-electron chi connectivity index (χ3n) is 2.95. The van der Waals surface area contributed by atoms with Crippen LogP contribution in [0.3, 0.4) is 0 Å². The topological polar surface area (TPSA) is 103 Å². The molecule has 0 radical (unpaired) electrons. The van der Waals surface area contributed by atoms with Gasteiger partial charge in [0.15, 0.2) is 0 Å². The van der Waals surface area contributed by atoms with E-state index in [1.807, 2.05) is 13.8 Å². The van der Waals surface area contributed by atoms with Crippen LogP contribution in [0.1, 0.15) is 47.0 Å². The first kappa shape index (κ1) is 20.5. The summed E-state index contributed by atoms with van der Waals surface area (Å²) in [5.74, 6) is 1.02. The SMILES string of the molecule is C#C.CC.CC(=N)CC1C(=O)NC2CC1C2.CC(=N)N. The average molecular weight is 280 g/mol. The molecule has 1 aliphatic carbocycles. The number of amidine groups is 1. The highest BCUT2D eigenvalue weighted by Gasteiger charge is 2.44. The van der Waals surface area contributed by atoms with Crippen LogP contribution in [0.15, 0.2) is 0 Å². The second-order valence-corrected chi connectivity index (χ2v) is 4.71. The van der Waals surface area contributed by atoms with Gasteiger partial charge < -0.3 is 16.5 Å². The first-order valence-electron chi connectivity index (χ1n) is 6.88. The molecule has 2 bridgehead atoms. The highest BCUT2D eigenvalue weighted by Crippen LogP contribution is 2.40. The number of hydrogen-bond donors (Lipinski definition) is 4. The number of hydrogen-bond acceptors (Lipinski definition) is 3. The van der Waals surface area contributed by atoms with Crippen LogP contribution in [-0.2, 0) is 4.79 Å². The number of rotatable bonds is 2. The summed E-state index contributed by atoms with van der Waals surface area (Å²) in [5, 5.41) is 16.6. The first-order chi connectivity index (χ1) is 9.40. The van der Waals surface area contributed by atoms with E-state index < -0.39 is 0 Å². The van der Waals surface area contributed by atoms with E-state index in [9.17, 15) is 4.79 Å². The minimum atomic E-state index is 0.104. The smallest absolute Gasteiger partial charge is 0.223 e. The zero-order valence-corrected chi connectivity index (χ0v) is 13.0. The van der Waals surface area contributed by atoms with Crippen molar-refractivity contribution in [2.75, 3.05) is 0 Å². The summed E-state index contributed by atoms with van der Waals surface area (Å²) in [6, 6.07) is 0.463. The van der Waals surface area contributed by atoms with E-state index in [2.05, 4.69) is 18.2 Å². The number of nitrogens with one attached hydrogen (secondary N) is 3. The maximum absolute atomic E-state index is 11.4. The largest absolute Gasteiger partial charge is 0.388 e. The Kier molecular flexibility index (Phi) is 11.3. The lowest BCUT2D eigenvalue weighted by Crippen LogP contribution is -2.57.